The zero-order chi connectivity index (χ0) is 33.9. The molecule has 7 rings (SSSR count). The maximum Gasteiger partial charge on any atom is 0.341 e. The van der Waals surface area contributed by atoms with Crippen molar-refractivity contribution in [2.45, 2.75) is 59.4 Å². The van der Waals surface area contributed by atoms with Crippen molar-refractivity contribution >= 4 is 69.1 Å². The number of ether oxygens (including phenoxy) is 1. The van der Waals surface area contributed by atoms with Crippen molar-refractivity contribution in [1.82, 2.24) is 0 Å². The van der Waals surface area contributed by atoms with Crippen LogP contribution in [0.4, 0.5) is 21.2 Å². The molecule has 250 valence electrons. The molecular weight excluding hydrogens is 671 g/mol. The van der Waals surface area contributed by atoms with E-state index in [0.29, 0.717) is 22.2 Å². The first-order valence-electron chi connectivity index (χ1n) is 16.5. The number of carbonyl (C=O) groups excluding carboxylic acids is 3. The highest BCUT2D eigenvalue weighted by molar-refractivity contribution is 8.00. The van der Waals surface area contributed by atoms with Crippen LogP contribution in [0.2, 0.25) is 0 Å². The maximum absolute atomic E-state index is 14.2. The monoisotopic (exact) mass is 707 g/mol. The van der Waals surface area contributed by atoms with E-state index in [-0.39, 0.29) is 29.8 Å². The van der Waals surface area contributed by atoms with Crippen LogP contribution in [-0.4, -0.2) is 35.8 Å². The fourth-order valence-corrected chi connectivity index (χ4v) is 10.3. The molecule has 0 saturated heterocycles. The molecule has 2 aliphatic carbocycles. The van der Waals surface area contributed by atoms with Crippen molar-refractivity contribution in [2.75, 3.05) is 22.1 Å². The number of allylic oxidation sites excluding steroid dienone is 2. The normalized spacial score (nSPS) is 19.6. The number of para-hydroxylation sites is 1. The number of amides is 3. The second kappa shape index (κ2) is 14.7. The SMILES string of the molecule is CCOC(=O)c1c(NC(=O)C(Sc2cccc(NC(=O)N3c4ccccc4SC4C=CC=CC43)c2)c2ccccc2)sc2c1CCC(C)C2. The number of hydrogen-bond acceptors (Lipinski definition) is 7. The Morgan fingerprint density at radius 1 is 0.980 bits per heavy atom. The van der Waals surface area contributed by atoms with Crippen LogP contribution in [0.25, 0.3) is 0 Å². The number of rotatable bonds is 8. The number of nitrogens with one attached hydrogen (secondary N) is 2. The van der Waals surface area contributed by atoms with Crippen LogP contribution in [-0.2, 0) is 22.4 Å². The minimum atomic E-state index is -0.619. The number of urea groups is 1. The summed E-state index contributed by atoms with van der Waals surface area (Å²) in [5, 5.41) is 6.32. The summed E-state index contributed by atoms with van der Waals surface area (Å²) in [6, 6.07) is 24.9. The number of benzene rings is 3. The molecule has 3 aromatic carbocycles. The molecule has 1 aliphatic heterocycles. The van der Waals surface area contributed by atoms with E-state index in [9.17, 15) is 14.4 Å². The molecule has 49 heavy (non-hydrogen) atoms. The van der Waals surface area contributed by atoms with E-state index in [1.54, 1.807) is 18.7 Å². The zero-order valence-corrected chi connectivity index (χ0v) is 29.7. The molecule has 4 unspecified atom stereocenters. The van der Waals surface area contributed by atoms with Gasteiger partial charge in [-0.3, -0.25) is 9.69 Å². The van der Waals surface area contributed by atoms with Crippen molar-refractivity contribution < 1.29 is 19.1 Å². The smallest absolute Gasteiger partial charge is 0.341 e. The Balaban J connectivity index is 1.14. The summed E-state index contributed by atoms with van der Waals surface area (Å²) in [7, 11) is 0. The highest BCUT2D eigenvalue weighted by atomic mass is 32.2. The lowest BCUT2D eigenvalue weighted by Gasteiger charge is -2.40. The van der Waals surface area contributed by atoms with Crippen molar-refractivity contribution in [3.05, 3.63) is 125 Å². The van der Waals surface area contributed by atoms with Crippen molar-refractivity contribution in [3.8, 4) is 0 Å². The number of thiophene rings is 1. The van der Waals surface area contributed by atoms with Gasteiger partial charge in [-0.15, -0.1) is 34.9 Å². The maximum atomic E-state index is 14.2. The number of esters is 1. The molecule has 0 fully saturated rings. The van der Waals surface area contributed by atoms with Gasteiger partial charge in [0.1, 0.15) is 10.3 Å². The third-order valence-corrected chi connectivity index (χ3v) is 12.6. The third kappa shape index (κ3) is 7.08. The molecule has 7 nitrogen and oxygen atoms in total. The fraction of sp³-hybridized carbons (Fsp3) is 0.256. The fourth-order valence-electron chi connectivity index (χ4n) is 6.53. The molecule has 10 heteroatoms. The lowest BCUT2D eigenvalue weighted by Crippen LogP contribution is -2.49. The van der Waals surface area contributed by atoms with Crippen LogP contribution >= 0.6 is 34.9 Å². The number of nitrogens with zero attached hydrogens (tertiary/aromatic N) is 1. The number of anilines is 3. The number of thioether (sulfide) groups is 2. The minimum absolute atomic E-state index is 0.112. The van der Waals surface area contributed by atoms with Crippen molar-refractivity contribution in [1.29, 1.82) is 0 Å². The average molecular weight is 708 g/mol. The van der Waals surface area contributed by atoms with Gasteiger partial charge in [0, 0.05) is 20.4 Å². The van der Waals surface area contributed by atoms with Gasteiger partial charge in [0.05, 0.1) is 29.1 Å². The van der Waals surface area contributed by atoms with Crippen LogP contribution in [0.1, 0.15) is 51.9 Å². The second-order valence-corrected chi connectivity index (χ2v) is 15.8. The Hall–Kier alpha value is -4.25. The summed E-state index contributed by atoms with van der Waals surface area (Å²) in [5.41, 5.74) is 3.84. The first kappa shape index (κ1) is 33.3. The molecule has 3 amide bonds. The van der Waals surface area contributed by atoms with E-state index in [1.807, 2.05) is 89.8 Å². The Morgan fingerprint density at radius 2 is 1.78 bits per heavy atom. The van der Waals surface area contributed by atoms with Gasteiger partial charge in [0.25, 0.3) is 0 Å². The van der Waals surface area contributed by atoms with E-state index in [1.165, 1.54) is 23.1 Å². The Bertz CT molecular complexity index is 1940. The standard InChI is InChI=1S/C39H37N3O4S3/c1-3-46-38(44)34-28-21-20-24(2)22-33(28)49-37(34)41-36(43)35(25-12-5-4-6-13-25)47-27-15-11-14-26(23-27)40-39(45)42-29-16-7-9-18-31(29)48-32-19-10-8-17-30(32)42/h4-19,23-24,29,31,35H,3,20-22H2,1-2H3,(H,40,45)(H,41,43). The predicted molar refractivity (Wildman–Crippen MR) is 201 cm³/mol. The van der Waals surface area contributed by atoms with Gasteiger partial charge in [-0.25, -0.2) is 9.59 Å². The van der Waals surface area contributed by atoms with E-state index in [4.69, 9.17) is 4.74 Å². The lowest BCUT2D eigenvalue weighted by atomic mass is 9.88. The quantitative estimate of drug-likeness (QED) is 0.140. The van der Waals surface area contributed by atoms with E-state index in [2.05, 4.69) is 35.8 Å². The topological polar surface area (TPSA) is 87.7 Å². The van der Waals surface area contributed by atoms with Crippen LogP contribution in [0.5, 0.6) is 0 Å². The van der Waals surface area contributed by atoms with E-state index < -0.39 is 11.2 Å². The molecule has 2 heterocycles. The lowest BCUT2D eigenvalue weighted by molar-refractivity contribution is -0.115. The van der Waals surface area contributed by atoms with Gasteiger partial charge in [0.15, 0.2) is 0 Å². The van der Waals surface area contributed by atoms with Gasteiger partial charge in [-0.1, -0.05) is 79.8 Å². The van der Waals surface area contributed by atoms with Crippen LogP contribution in [0.3, 0.4) is 0 Å². The van der Waals surface area contributed by atoms with Crippen LogP contribution < -0.4 is 15.5 Å². The third-order valence-electron chi connectivity index (χ3n) is 8.87. The Morgan fingerprint density at radius 3 is 2.61 bits per heavy atom. The van der Waals surface area contributed by atoms with Crippen molar-refractivity contribution in [2.24, 2.45) is 5.92 Å². The van der Waals surface area contributed by atoms with Gasteiger partial charge < -0.3 is 15.4 Å². The summed E-state index contributed by atoms with van der Waals surface area (Å²) in [6.45, 7) is 4.28. The molecule has 4 atom stereocenters. The average Bonchev–Trinajstić information content (AvgIpc) is 3.46. The second-order valence-electron chi connectivity index (χ2n) is 12.3. The summed E-state index contributed by atoms with van der Waals surface area (Å²) in [4.78, 5) is 46.1. The van der Waals surface area contributed by atoms with Gasteiger partial charge in [-0.2, -0.15) is 0 Å². The molecule has 2 N–H and O–H groups in total. The highest BCUT2D eigenvalue weighted by Gasteiger charge is 2.37. The summed E-state index contributed by atoms with van der Waals surface area (Å²) < 4.78 is 5.44. The van der Waals surface area contributed by atoms with Crippen LogP contribution in [0.15, 0.2) is 113 Å². The summed E-state index contributed by atoms with van der Waals surface area (Å²) >= 11 is 4.65. The zero-order valence-electron chi connectivity index (χ0n) is 27.3. The van der Waals surface area contributed by atoms with Crippen molar-refractivity contribution in [3.63, 3.8) is 0 Å². The summed E-state index contributed by atoms with van der Waals surface area (Å²) in [6.07, 6.45) is 10.9. The van der Waals surface area contributed by atoms with E-state index in [0.717, 1.165) is 50.7 Å². The Labute approximate surface area is 299 Å². The molecular formula is C39H37N3O4S3. The molecule has 0 saturated carbocycles. The molecule has 4 aromatic rings. The van der Waals surface area contributed by atoms with Gasteiger partial charge in [-0.05, 0) is 73.6 Å². The Kier molecular flexibility index (Phi) is 9.98. The largest absolute Gasteiger partial charge is 0.462 e. The molecule has 0 spiro atoms. The number of carbonyl (C=O) groups is 3. The molecule has 0 bridgehead atoms. The first-order chi connectivity index (χ1) is 23.9. The predicted octanol–water partition coefficient (Wildman–Crippen LogP) is 9.53. The molecule has 1 aromatic heterocycles. The minimum Gasteiger partial charge on any atom is -0.462 e. The summed E-state index contributed by atoms with van der Waals surface area (Å²) in [5.74, 6) is -0.0993. The number of fused-ring (bicyclic) bond motifs is 3. The van der Waals surface area contributed by atoms with Gasteiger partial charge in [0.2, 0.25) is 5.91 Å². The molecule has 0 radical (unpaired) electrons. The molecule has 3 aliphatic rings. The van der Waals surface area contributed by atoms with Crippen LogP contribution in [0, 0.1) is 5.92 Å². The number of hydrogen-bond donors (Lipinski definition) is 2. The first-order valence-corrected chi connectivity index (χ1v) is 19.1. The highest BCUT2D eigenvalue weighted by Crippen LogP contribution is 2.45. The van der Waals surface area contributed by atoms with Gasteiger partial charge >= 0.3 is 12.0 Å². The van der Waals surface area contributed by atoms with E-state index >= 15 is 0 Å².